The number of anilines is 3. The second kappa shape index (κ2) is 10.3. The number of hydrogen-bond donors (Lipinski definition) is 0. The molecule has 6 nitrogen and oxygen atoms in total. The van der Waals surface area contributed by atoms with Gasteiger partial charge in [0.05, 0.1) is 24.3 Å². The predicted molar refractivity (Wildman–Crippen MR) is 155 cm³/mol. The third-order valence-corrected chi connectivity index (χ3v) is 6.56. The Kier molecular flexibility index (Phi) is 6.23. The van der Waals surface area contributed by atoms with E-state index in [2.05, 4.69) is 22.0 Å². The van der Waals surface area contributed by atoms with Gasteiger partial charge in [-0.15, -0.1) is 0 Å². The molecule has 0 unspecified atom stereocenters. The average Bonchev–Trinajstić information content (AvgIpc) is 3.46. The van der Waals surface area contributed by atoms with Crippen molar-refractivity contribution >= 4 is 33.8 Å². The molecular weight excluding hydrogens is 494 g/mol. The van der Waals surface area contributed by atoms with Gasteiger partial charge in [0.25, 0.3) is 0 Å². The summed E-state index contributed by atoms with van der Waals surface area (Å²) in [6.45, 7) is 7.54. The van der Waals surface area contributed by atoms with Gasteiger partial charge in [-0.25, -0.2) is 9.83 Å². The van der Waals surface area contributed by atoms with Crippen molar-refractivity contribution < 1.29 is 4.42 Å². The third kappa shape index (κ3) is 4.63. The van der Waals surface area contributed by atoms with Crippen LogP contribution >= 0.6 is 0 Å². The summed E-state index contributed by atoms with van der Waals surface area (Å²) in [6.07, 6.45) is 0. The first-order valence-electron chi connectivity index (χ1n) is 12.4. The van der Waals surface area contributed by atoms with Gasteiger partial charge in [-0.05, 0) is 90.0 Å². The van der Waals surface area contributed by atoms with E-state index in [9.17, 15) is 5.26 Å². The first-order chi connectivity index (χ1) is 19.6. The lowest BCUT2D eigenvalue weighted by Gasteiger charge is -2.26. The Morgan fingerprint density at radius 1 is 0.650 bits per heavy atom. The lowest BCUT2D eigenvalue weighted by atomic mass is 10.0. The van der Waals surface area contributed by atoms with Crippen LogP contribution in [0.3, 0.4) is 0 Å². The van der Waals surface area contributed by atoms with Gasteiger partial charge < -0.3 is 9.32 Å². The van der Waals surface area contributed by atoms with Crippen molar-refractivity contribution in [2.75, 3.05) is 4.90 Å². The highest BCUT2D eigenvalue weighted by atomic mass is 16.3. The van der Waals surface area contributed by atoms with Crippen molar-refractivity contribution in [3.63, 3.8) is 0 Å². The zero-order chi connectivity index (χ0) is 27.5. The molecule has 6 rings (SSSR count). The Balaban J connectivity index is 1.42. The minimum atomic E-state index is 0.386. The summed E-state index contributed by atoms with van der Waals surface area (Å²) < 4.78 is 5.94. The molecule has 0 bridgehead atoms. The van der Waals surface area contributed by atoms with Gasteiger partial charge in [0.1, 0.15) is 5.52 Å². The molecule has 186 valence electrons. The van der Waals surface area contributed by atoms with E-state index >= 15 is 0 Å². The Hall–Kier alpha value is -6.16. The topological polar surface area (TPSA) is 81.2 Å². The molecular formula is C34H19N5O. The summed E-state index contributed by atoms with van der Waals surface area (Å²) >= 11 is 0. The molecule has 0 saturated carbocycles. The van der Waals surface area contributed by atoms with Crippen LogP contribution in [0.15, 0.2) is 120 Å². The van der Waals surface area contributed by atoms with E-state index in [0.717, 1.165) is 39.2 Å². The molecule has 1 heterocycles. The number of aromatic nitrogens is 1. The van der Waals surface area contributed by atoms with Crippen LogP contribution in [0.5, 0.6) is 0 Å². The molecule has 6 heteroatoms. The number of rotatable bonds is 5. The van der Waals surface area contributed by atoms with E-state index in [1.165, 1.54) is 0 Å². The lowest BCUT2D eigenvalue weighted by molar-refractivity contribution is 0.620. The van der Waals surface area contributed by atoms with Gasteiger partial charge in [0, 0.05) is 28.2 Å². The van der Waals surface area contributed by atoms with Gasteiger partial charge in [0.15, 0.2) is 11.3 Å². The molecule has 0 atom stereocenters. The SMILES string of the molecule is [C-]#[N+]c1cc(C#N)cc(N(c2ccc(-c3ccc(C#N)cc3)cc2)c2ccc(-c3nc4ccccc4o3)cc2)c1. The Labute approximate surface area is 231 Å². The van der Waals surface area contributed by atoms with Crippen molar-refractivity contribution in [2.24, 2.45) is 0 Å². The van der Waals surface area contributed by atoms with Gasteiger partial charge in [-0.1, -0.05) is 36.4 Å². The number of nitrogens with zero attached hydrogens (tertiary/aromatic N) is 5. The van der Waals surface area contributed by atoms with Crippen molar-refractivity contribution in [1.82, 2.24) is 4.98 Å². The highest BCUT2D eigenvalue weighted by Gasteiger charge is 2.16. The fourth-order valence-electron chi connectivity index (χ4n) is 4.59. The van der Waals surface area contributed by atoms with Crippen LogP contribution < -0.4 is 4.90 Å². The summed E-state index contributed by atoms with van der Waals surface area (Å²) in [5.41, 5.74) is 8.18. The summed E-state index contributed by atoms with van der Waals surface area (Å²) in [5, 5.41) is 18.7. The van der Waals surface area contributed by atoms with E-state index < -0.39 is 0 Å². The van der Waals surface area contributed by atoms with Crippen molar-refractivity contribution in [3.05, 3.63) is 138 Å². The van der Waals surface area contributed by atoms with Crippen LogP contribution in [-0.2, 0) is 0 Å². The fraction of sp³-hybridized carbons (Fsp3) is 0. The van der Waals surface area contributed by atoms with E-state index in [0.29, 0.717) is 28.4 Å². The maximum atomic E-state index is 9.62. The molecule has 0 aliphatic heterocycles. The van der Waals surface area contributed by atoms with E-state index in [1.54, 1.807) is 30.3 Å². The van der Waals surface area contributed by atoms with E-state index in [-0.39, 0.29) is 0 Å². The molecule has 6 aromatic rings. The van der Waals surface area contributed by atoms with E-state index in [1.807, 2.05) is 89.8 Å². The van der Waals surface area contributed by atoms with Gasteiger partial charge in [-0.3, -0.25) is 0 Å². The smallest absolute Gasteiger partial charge is 0.227 e. The number of hydrogen-bond acceptors (Lipinski definition) is 5. The summed E-state index contributed by atoms with van der Waals surface area (Å²) in [5.74, 6) is 0.535. The Morgan fingerprint density at radius 3 is 1.85 bits per heavy atom. The molecule has 0 spiro atoms. The van der Waals surface area contributed by atoms with Crippen LogP contribution in [-0.4, -0.2) is 4.98 Å². The molecule has 0 N–H and O–H groups in total. The molecule has 0 radical (unpaired) electrons. The molecule has 40 heavy (non-hydrogen) atoms. The highest BCUT2D eigenvalue weighted by molar-refractivity contribution is 5.82. The fourth-order valence-corrected chi connectivity index (χ4v) is 4.59. The maximum absolute atomic E-state index is 9.62. The molecule has 1 aromatic heterocycles. The van der Waals surface area contributed by atoms with E-state index in [4.69, 9.17) is 16.3 Å². The van der Waals surface area contributed by atoms with Crippen molar-refractivity contribution in [3.8, 4) is 34.7 Å². The van der Waals surface area contributed by atoms with Gasteiger partial charge >= 0.3 is 0 Å². The van der Waals surface area contributed by atoms with Crippen LogP contribution in [0.25, 0.3) is 38.5 Å². The quantitative estimate of drug-likeness (QED) is 0.215. The molecule has 0 amide bonds. The standard InChI is InChI=1S/C34H19N5O/c1-37-28-18-24(22-36)19-31(20-28)39(29-14-10-26(11-15-29)25-8-6-23(21-35)7-9-25)30-16-12-27(13-17-30)34-38-32-4-2-3-5-33(32)40-34/h2-20H. The van der Waals surface area contributed by atoms with Crippen LogP contribution in [0, 0.1) is 29.2 Å². The van der Waals surface area contributed by atoms with Gasteiger partial charge in [-0.2, -0.15) is 10.5 Å². The third-order valence-electron chi connectivity index (χ3n) is 6.56. The molecule has 0 aliphatic rings. The van der Waals surface area contributed by atoms with Crippen molar-refractivity contribution in [2.45, 2.75) is 0 Å². The van der Waals surface area contributed by atoms with Crippen molar-refractivity contribution in [1.29, 1.82) is 10.5 Å². The number of benzene rings is 5. The maximum Gasteiger partial charge on any atom is 0.227 e. The predicted octanol–water partition coefficient (Wildman–Crippen LogP) is 8.93. The first kappa shape index (κ1) is 24.2. The minimum Gasteiger partial charge on any atom is -0.436 e. The molecule has 5 aromatic carbocycles. The van der Waals surface area contributed by atoms with Crippen LogP contribution in [0.4, 0.5) is 22.7 Å². The monoisotopic (exact) mass is 513 g/mol. The summed E-state index contributed by atoms with van der Waals surface area (Å²) in [4.78, 5) is 10.2. The number of para-hydroxylation sites is 2. The second-order valence-electron chi connectivity index (χ2n) is 9.07. The number of nitriles is 2. The Bertz CT molecular complexity index is 1900. The number of fused-ring (bicyclic) bond motifs is 1. The average molecular weight is 514 g/mol. The highest BCUT2D eigenvalue weighted by Crippen LogP contribution is 2.39. The summed E-state index contributed by atoms with van der Waals surface area (Å²) in [6, 6.07) is 40.4. The minimum absolute atomic E-state index is 0.386. The lowest BCUT2D eigenvalue weighted by Crippen LogP contribution is -2.10. The van der Waals surface area contributed by atoms with Crippen LogP contribution in [0.2, 0.25) is 0 Å². The molecule has 0 saturated heterocycles. The molecule has 0 aliphatic carbocycles. The van der Waals surface area contributed by atoms with Crippen LogP contribution in [0.1, 0.15) is 11.1 Å². The number of oxazole rings is 1. The summed E-state index contributed by atoms with van der Waals surface area (Å²) in [7, 11) is 0. The largest absolute Gasteiger partial charge is 0.436 e. The molecule has 0 fully saturated rings. The second-order valence-corrected chi connectivity index (χ2v) is 9.07. The first-order valence-corrected chi connectivity index (χ1v) is 12.4. The van der Waals surface area contributed by atoms with Gasteiger partial charge in [0.2, 0.25) is 5.89 Å². The normalized spacial score (nSPS) is 10.4. The zero-order valence-corrected chi connectivity index (χ0v) is 21.1. The Morgan fingerprint density at radius 2 is 1.25 bits per heavy atom. The zero-order valence-electron chi connectivity index (χ0n) is 21.1.